The Morgan fingerprint density at radius 2 is 1.88 bits per heavy atom. The molecule has 0 fully saturated rings. The molecule has 1 unspecified atom stereocenters. The quantitative estimate of drug-likeness (QED) is 0.721. The Hall–Kier alpha value is -1.60. The fourth-order valence-corrected chi connectivity index (χ4v) is 2.48. The molecule has 2 aliphatic carbocycles. The van der Waals surface area contributed by atoms with Gasteiger partial charge in [-0.2, -0.15) is 0 Å². The minimum atomic E-state index is -0.118. The first-order valence-corrected chi connectivity index (χ1v) is 5.55. The number of ketones is 1. The Morgan fingerprint density at radius 3 is 2.62 bits per heavy atom. The van der Waals surface area contributed by atoms with Crippen molar-refractivity contribution in [1.82, 2.24) is 0 Å². The Balaban J connectivity index is 2.16. The summed E-state index contributed by atoms with van der Waals surface area (Å²) < 4.78 is 0. The van der Waals surface area contributed by atoms with Gasteiger partial charge in [-0.15, -0.1) is 0 Å². The number of fused-ring (bicyclic) bond motifs is 1. The van der Waals surface area contributed by atoms with E-state index in [4.69, 9.17) is 11.6 Å². The number of carbonyl (C=O) groups is 1. The zero-order valence-electron chi connectivity index (χ0n) is 8.48. The highest BCUT2D eigenvalue weighted by Gasteiger charge is 2.40. The van der Waals surface area contributed by atoms with Crippen LogP contribution >= 0.6 is 11.6 Å². The van der Waals surface area contributed by atoms with Crippen molar-refractivity contribution in [2.75, 3.05) is 0 Å². The molecule has 0 bridgehead atoms. The minimum Gasteiger partial charge on any atom is -0.293 e. The van der Waals surface area contributed by atoms with Crippen LogP contribution in [0.25, 0.3) is 5.57 Å². The van der Waals surface area contributed by atoms with Crippen LogP contribution in [0, 0.1) is 5.92 Å². The van der Waals surface area contributed by atoms with E-state index in [9.17, 15) is 4.79 Å². The second kappa shape index (κ2) is 3.46. The predicted molar refractivity (Wildman–Crippen MR) is 64.9 cm³/mol. The highest BCUT2D eigenvalue weighted by molar-refractivity contribution is 6.41. The van der Waals surface area contributed by atoms with Crippen LogP contribution in [0.4, 0.5) is 0 Å². The van der Waals surface area contributed by atoms with E-state index >= 15 is 0 Å². The average molecular weight is 229 g/mol. The van der Waals surface area contributed by atoms with E-state index in [1.54, 1.807) is 0 Å². The molecular formula is C14H9ClO. The second-order valence-electron chi connectivity index (χ2n) is 3.90. The SMILES string of the molecule is O=C1C(c2ccccc2)=C2C(Cl)=CC=CC12. The van der Waals surface area contributed by atoms with Crippen molar-refractivity contribution in [3.8, 4) is 0 Å². The van der Waals surface area contributed by atoms with Crippen LogP contribution in [0.1, 0.15) is 5.56 Å². The van der Waals surface area contributed by atoms with Gasteiger partial charge in [-0.1, -0.05) is 54.1 Å². The third kappa shape index (κ3) is 1.22. The first-order chi connectivity index (χ1) is 7.79. The minimum absolute atomic E-state index is 0.118. The average Bonchev–Trinajstić information content (AvgIpc) is 2.31. The Morgan fingerprint density at radius 1 is 1.12 bits per heavy atom. The summed E-state index contributed by atoms with van der Waals surface area (Å²) in [6.45, 7) is 0. The van der Waals surface area contributed by atoms with Gasteiger partial charge in [0.1, 0.15) is 0 Å². The van der Waals surface area contributed by atoms with Gasteiger partial charge in [0.25, 0.3) is 0 Å². The number of Topliss-reactive ketones (excluding diaryl/α,β-unsaturated/α-hetero) is 1. The van der Waals surface area contributed by atoms with E-state index in [1.165, 1.54) is 0 Å². The molecule has 2 aliphatic rings. The van der Waals surface area contributed by atoms with Crippen molar-refractivity contribution in [3.05, 3.63) is 64.7 Å². The topological polar surface area (TPSA) is 17.1 Å². The number of hydrogen-bond acceptors (Lipinski definition) is 1. The molecule has 0 heterocycles. The molecule has 78 valence electrons. The van der Waals surface area contributed by atoms with Crippen molar-refractivity contribution in [3.63, 3.8) is 0 Å². The molecular weight excluding hydrogens is 220 g/mol. The molecule has 0 spiro atoms. The molecule has 1 aromatic rings. The standard InChI is InChI=1S/C14H9ClO/c15-11-8-4-7-10-13(11)12(14(10)16)9-5-2-1-3-6-9/h1-8,10H. The highest BCUT2D eigenvalue weighted by Crippen LogP contribution is 2.45. The van der Waals surface area contributed by atoms with Gasteiger partial charge in [0.05, 0.1) is 5.92 Å². The van der Waals surface area contributed by atoms with Crippen molar-refractivity contribution in [2.24, 2.45) is 5.92 Å². The smallest absolute Gasteiger partial charge is 0.175 e. The van der Waals surface area contributed by atoms with E-state index < -0.39 is 0 Å². The summed E-state index contributed by atoms with van der Waals surface area (Å²) in [4.78, 5) is 11.9. The zero-order chi connectivity index (χ0) is 11.1. The van der Waals surface area contributed by atoms with Gasteiger partial charge in [-0.25, -0.2) is 0 Å². The molecule has 1 atom stereocenters. The molecule has 0 N–H and O–H groups in total. The molecule has 1 aromatic carbocycles. The van der Waals surface area contributed by atoms with Gasteiger partial charge in [-0.05, 0) is 17.2 Å². The molecule has 0 saturated carbocycles. The first kappa shape index (κ1) is 9.61. The molecule has 0 radical (unpaired) electrons. The first-order valence-electron chi connectivity index (χ1n) is 5.17. The van der Waals surface area contributed by atoms with Crippen molar-refractivity contribution in [1.29, 1.82) is 0 Å². The number of allylic oxidation sites excluding steroid dienone is 6. The van der Waals surface area contributed by atoms with Gasteiger partial charge in [0.2, 0.25) is 0 Å². The third-order valence-corrected chi connectivity index (χ3v) is 3.30. The van der Waals surface area contributed by atoms with Crippen LogP contribution in [-0.2, 0) is 4.79 Å². The summed E-state index contributed by atoms with van der Waals surface area (Å²) in [6, 6.07) is 9.69. The van der Waals surface area contributed by atoms with Crippen LogP contribution in [0.15, 0.2) is 59.2 Å². The predicted octanol–water partition coefficient (Wildman–Crippen LogP) is 3.33. The third-order valence-electron chi connectivity index (χ3n) is 2.98. The van der Waals surface area contributed by atoms with E-state index in [2.05, 4.69) is 0 Å². The number of rotatable bonds is 1. The molecule has 0 saturated heterocycles. The number of hydrogen-bond donors (Lipinski definition) is 0. The Bertz CT molecular complexity index is 549. The van der Waals surface area contributed by atoms with E-state index in [-0.39, 0.29) is 11.7 Å². The Kier molecular flexibility index (Phi) is 2.08. The maximum atomic E-state index is 11.9. The van der Waals surface area contributed by atoms with E-state index in [0.29, 0.717) is 5.03 Å². The van der Waals surface area contributed by atoms with Crippen LogP contribution in [0.3, 0.4) is 0 Å². The Labute approximate surface area is 98.7 Å². The summed E-state index contributed by atoms with van der Waals surface area (Å²) in [5.41, 5.74) is 2.71. The summed E-state index contributed by atoms with van der Waals surface area (Å²) in [5, 5.41) is 0.686. The lowest BCUT2D eigenvalue weighted by Crippen LogP contribution is -2.30. The highest BCUT2D eigenvalue weighted by atomic mass is 35.5. The zero-order valence-corrected chi connectivity index (χ0v) is 9.24. The van der Waals surface area contributed by atoms with Gasteiger partial charge >= 0.3 is 0 Å². The summed E-state index contributed by atoms with van der Waals surface area (Å²) in [6.07, 6.45) is 5.58. The number of halogens is 1. The molecule has 3 rings (SSSR count). The maximum Gasteiger partial charge on any atom is 0.175 e. The summed E-state index contributed by atoms with van der Waals surface area (Å²) in [5.74, 6) is 0.0522. The van der Waals surface area contributed by atoms with Crippen LogP contribution in [-0.4, -0.2) is 5.78 Å². The van der Waals surface area contributed by atoms with Crippen LogP contribution in [0.5, 0.6) is 0 Å². The molecule has 2 heteroatoms. The van der Waals surface area contributed by atoms with Crippen molar-refractivity contribution in [2.45, 2.75) is 0 Å². The lowest BCUT2D eigenvalue weighted by Gasteiger charge is -2.31. The number of benzene rings is 1. The molecule has 1 nitrogen and oxygen atoms in total. The van der Waals surface area contributed by atoms with Gasteiger partial charge < -0.3 is 0 Å². The molecule has 0 amide bonds. The molecule has 0 aromatic heterocycles. The molecule has 16 heavy (non-hydrogen) atoms. The monoisotopic (exact) mass is 228 g/mol. The number of carbonyl (C=O) groups excluding carboxylic acids is 1. The summed E-state index contributed by atoms with van der Waals surface area (Å²) in [7, 11) is 0. The normalized spacial score (nSPS) is 22.7. The lowest BCUT2D eigenvalue weighted by atomic mass is 9.71. The van der Waals surface area contributed by atoms with Crippen molar-refractivity contribution >= 4 is 23.0 Å². The lowest BCUT2D eigenvalue weighted by molar-refractivity contribution is -0.116. The largest absolute Gasteiger partial charge is 0.293 e. The maximum absolute atomic E-state index is 11.9. The van der Waals surface area contributed by atoms with Crippen molar-refractivity contribution < 1.29 is 4.79 Å². The molecule has 0 aliphatic heterocycles. The van der Waals surface area contributed by atoms with Gasteiger partial charge in [0, 0.05) is 10.6 Å². The van der Waals surface area contributed by atoms with E-state index in [1.807, 2.05) is 48.6 Å². The van der Waals surface area contributed by atoms with Gasteiger partial charge in [-0.3, -0.25) is 4.79 Å². The summed E-state index contributed by atoms with van der Waals surface area (Å²) >= 11 is 6.12. The second-order valence-corrected chi connectivity index (χ2v) is 4.30. The fourth-order valence-electron chi connectivity index (χ4n) is 2.19. The van der Waals surface area contributed by atoms with Crippen LogP contribution in [0.2, 0.25) is 0 Å². The fraction of sp³-hybridized carbons (Fsp3) is 0.0714. The van der Waals surface area contributed by atoms with Gasteiger partial charge in [0.15, 0.2) is 5.78 Å². The van der Waals surface area contributed by atoms with Crippen LogP contribution < -0.4 is 0 Å². The van der Waals surface area contributed by atoms with E-state index in [0.717, 1.165) is 16.7 Å².